The second-order valence-electron chi connectivity index (χ2n) is 4.18. The van der Waals surface area contributed by atoms with Crippen LogP contribution in [0.4, 0.5) is 0 Å². The van der Waals surface area contributed by atoms with Gasteiger partial charge in [-0.25, -0.2) is 4.98 Å². The third kappa shape index (κ3) is 3.37. The molecule has 0 aliphatic rings. The van der Waals surface area contributed by atoms with Gasteiger partial charge >= 0.3 is 0 Å². The summed E-state index contributed by atoms with van der Waals surface area (Å²) >= 11 is 1.42. The fourth-order valence-corrected chi connectivity index (χ4v) is 2.43. The molecule has 20 heavy (non-hydrogen) atoms. The van der Waals surface area contributed by atoms with Gasteiger partial charge in [-0.1, -0.05) is 30.3 Å². The van der Waals surface area contributed by atoms with E-state index in [4.69, 9.17) is 0 Å². The highest BCUT2D eigenvalue weighted by molar-refractivity contribution is 7.98. The minimum atomic E-state index is -0.418. The highest BCUT2D eigenvalue weighted by atomic mass is 32.2. The molecule has 0 saturated carbocycles. The molecule has 1 aromatic carbocycles. The van der Waals surface area contributed by atoms with Gasteiger partial charge in [0.15, 0.2) is 0 Å². The maximum absolute atomic E-state index is 12.3. The average Bonchev–Trinajstić information content (AvgIpc) is 2.53. The predicted octanol–water partition coefficient (Wildman–Crippen LogP) is 2.27. The van der Waals surface area contributed by atoms with E-state index in [2.05, 4.69) is 10.3 Å². The Kier molecular flexibility index (Phi) is 5.15. The van der Waals surface area contributed by atoms with Crippen molar-refractivity contribution in [1.29, 1.82) is 0 Å². The van der Waals surface area contributed by atoms with Crippen LogP contribution < -0.4 is 5.32 Å². The van der Waals surface area contributed by atoms with Crippen molar-refractivity contribution in [2.45, 2.75) is 11.1 Å². The van der Waals surface area contributed by atoms with Crippen LogP contribution in [0.25, 0.3) is 0 Å². The number of nitrogens with zero attached hydrogens (tertiary/aromatic N) is 1. The molecule has 1 aromatic heterocycles. The summed E-state index contributed by atoms with van der Waals surface area (Å²) in [5.74, 6) is -0.231. The first-order valence-electron chi connectivity index (χ1n) is 6.22. The molecule has 0 saturated heterocycles. The molecular weight excluding hydrogens is 272 g/mol. The SMILES string of the molecule is CSc1ncccc1C(=O)N[C@H](CO)c1ccccc1. The molecule has 1 heterocycles. The second-order valence-corrected chi connectivity index (χ2v) is 4.97. The van der Waals surface area contributed by atoms with E-state index in [1.807, 2.05) is 36.6 Å². The number of aromatic nitrogens is 1. The minimum absolute atomic E-state index is 0.148. The van der Waals surface area contributed by atoms with Gasteiger partial charge in [0.2, 0.25) is 0 Å². The summed E-state index contributed by atoms with van der Waals surface area (Å²) in [7, 11) is 0. The number of pyridine rings is 1. The lowest BCUT2D eigenvalue weighted by atomic mass is 10.1. The lowest BCUT2D eigenvalue weighted by Crippen LogP contribution is -2.31. The largest absolute Gasteiger partial charge is 0.394 e. The molecule has 0 radical (unpaired) electrons. The van der Waals surface area contributed by atoms with E-state index in [1.165, 1.54) is 11.8 Å². The van der Waals surface area contributed by atoms with Gasteiger partial charge < -0.3 is 10.4 Å². The number of carbonyl (C=O) groups is 1. The molecule has 0 spiro atoms. The molecule has 2 aromatic rings. The predicted molar refractivity (Wildman–Crippen MR) is 79.8 cm³/mol. The van der Waals surface area contributed by atoms with Crippen molar-refractivity contribution in [2.24, 2.45) is 0 Å². The number of nitrogens with one attached hydrogen (secondary N) is 1. The van der Waals surface area contributed by atoms with E-state index in [0.29, 0.717) is 10.6 Å². The number of rotatable bonds is 5. The van der Waals surface area contributed by atoms with Crippen molar-refractivity contribution in [3.8, 4) is 0 Å². The van der Waals surface area contributed by atoms with Crippen LogP contribution in [0.5, 0.6) is 0 Å². The quantitative estimate of drug-likeness (QED) is 0.829. The fraction of sp³-hybridized carbons (Fsp3) is 0.200. The molecule has 0 aliphatic heterocycles. The smallest absolute Gasteiger partial charge is 0.254 e. The zero-order valence-electron chi connectivity index (χ0n) is 11.1. The average molecular weight is 288 g/mol. The van der Waals surface area contributed by atoms with Crippen LogP contribution in [-0.4, -0.2) is 28.9 Å². The van der Waals surface area contributed by atoms with Crippen LogP contribution in [0.1, 0.15) is 22.0 Å². The van der Waals surface area contributed by atoms with E-state index in [0.717, 1.165) is 5.56 Å². The molecule has 1 amide bonds. The van der Waals surface area contributed by atoms with Crippen molar-refractivity contribution >= 4 is 17.7 Å². The Labute approximate surface area is 122 Å². The van der Waals surface area contributed by atoms with Gasteiger partial charge in [-0.05, 0) is 24.0 Å². The first kappa shape index (κ1) is 14.6. The van der Waals surface area contributed by atoms with E-state index in [9.17, 15) is 9.90 Å². The molecule has 5 heteroatoms. The summed E-state index contributed by atoms with van der Waals surface area (Å²) in [5.41, 5.74) is 1.40. The molecule has 104 valence electrons. The number of thioether (sulfide) groups is 1. The number of hydrogen-bond donors (Lipinski definition) is 2. The third-order valence-electron chi connectivity index (χ3n) is 2.90. The normalized spacial score (nSPS) is 11.9. The van der Waals surface area contributed by atoms with Gasteiger partial charge in [0, 0.05) is 6.20 Å². The van der Waals surface area contributed by atoms with E-state index < -0.39 is 6.04 Å². The van der Waals surface area contributed by atoms with Gasteiger partial charge in [-0.3, -0.25) is 4.79 Å². The highest BCUT2D eigenvalue weighted by Crippen LogP contribution is 2.18. The number of aliphatic hydroxyl groups excluding tert-OH is 1. The van der Waals surface area contributed by atoms with Gasteiger partial charge in [0.25, 0.3) is 5.91 Å². The van der Waals surface area contributed by atoms with Crippen molar-refractivity contribution in [3.05, 3.63) is 59.8 Å². The van der Waals surface area contributed by atoms with Gasteiger partial charge in [-0.2, -0.15) is 0 Å². The minimum Gasteiger partial charge on any atom is -0.394 e. The summed E-state index contributed by atoms with van der Waals surface area (Å²) in [6.07, 6.45) is 3.53. The molecule has 0 fully saturated rings. The van der Waals surface area contributed by atoms with Gasteiger partial charge in [-0.15, -0.1) is 11.8 Å². The zero-order chi connectivity index (χ0) is 14.4. The molecule has 0 unspecified atom stereocenters. The van der Waals surface area contributed by atoms with Crippen LogP contribution in [0.2, 0.25) is 0 Å². The summed E-state index contributed by atoms with van der Waals surface area (Å²) in [6, 6.07) is 12.4. The topological polar surface area (TPSA) is 62.2 Å². The fourth-order valence-electron chi connectivity index (χ4n) is 1.88. The second kappa shape index (κ2) is 7.07. The van der Waals surface area contributed by atoms with E-state index in [1.54, 1.807) is 18.3 Å². The number of aliphatic hydroxyl groups is 1. The maximum atomic E-state index is 12.3. The number of hydrogen-bond acceptors (Lipinski definition) is 4. The Morgan fingerprint density at radius 1 is 1.30 bits per heavy atom. The Balaban J connectivity index is 2.18. The summed E-state index contributed by atoms with van der Waals surface area (Å²) in [4.78, 5) is 16.5. The molecular formula is C15H16N2O2S. The number of amides is 1. The highest BCUT2D eigenvalue weighted by Gasteiger charge is 2.17. The molecule has 0 bridgehead atoms. The summed E-state index contributed by atoms with van der Waals surface area (Å²) in [5, 5.41) is 13.0. The lowest BCUT2D eigenvalue weighted by molar-refractivity contribution is 0.0912. The van der Waals surface area contributed by atoms with E-state index >= 15 is 0 Å². The van der Waals surface area contributed by atoms with Crippen molar-refractivity contribution in [2.75, 3.05) is 12.9 Å². The Morgan fingerprint density at radius 2 is 2.05 bits per heavy atom. The molecule has 2 N–H and O–H groups in total. The van der Waals surface area contributed by atoms with Crippen LogP contribution >= 0.6 is 11.8 Å². The first-order valence-corrected chi connectivity index (χ1v) is 7.44. The standard InChI is InChI=1S/C15H16N2O2S/c1-20-15-12(8-5-9-16-15)14(19)17-13(10-18)11-6-3-2-4-7-11/h2-9,13,18H,10H2,1H3,(H,17,19)/t13-/m1/s1. The maximum Gasteiger partial charge on any atom is 0.254 e. The van der Waals surface area contributed by atoms with Crippen LogP contribution in [0.15, 0.2) is 53.7 Å². The molecule has 4 nitrogen and oxygen atoms in total. The van der Waals surface area contributed by atoms with E-state index in [-0.39, 0.29) is 12.5 Å². The van der Waals surface area contributed by atoms with Crippen molar-refractivity contribution in [3.63, 3.8) is 0 Å². The summed E-state index contributed by atoms with van der Waals surface area (Å²) < 4.78 is 0. The van der Waals surface area contributed by atoms with Gasteiger partial charge in [0.1, 0.15) is 5.03 Å². The number of carbonyl (C=O) groups excluding carboxylic acids is 1. The zero-order valence-corrected chi connectivity index (χ0v) is 11.9. The Hall–Kier alpha value is -1.85. The monoisotopic (exact) mass is 288 g/mol. The van der Waals surface area contributed by atoms with Crippen LogP contribution in [0.3, 0.4) is 0 Å². The van der Waals surface area contributed by atoms with Crippen molar-refractivity contribution < 1.29 is 9.90 Å². The lowest BCUT2D eigenvalue weighted by Gasteiger charge is -2.17. The first-order chi connectivity index (χ1) is 9.76. The molecule has 2 rings (SSSR count). The number of benzene rings is 1. The molecule has 1 atom stereocenters. The van der Waals surface area contributed by atoms with Crippen molar-refractivity contribution in [1.82, 2.24) is 10.3 Å². The molecule has 0 aliphatic carbocycles. The summed E-state index contributed by atoms with van der Waals surface area (Å²) in [6.45, 7) is -0.148. The van der Waals surface area contributed by atoms with Crippen LogP contribution in [0, 0.1) is 0 Å². The third-order valence-corrected chi connectivity index (χ3v) is 3.61. The van der Waals surface area contributed by atoms with Crippen LogP contribution in [-0.2, 0) is 0 Å². The Bertz CT molecular complexity index is 575. The Morgan fingerprint density at radius 3 is 2.70 bits per heavy atom. The van der Waals surface area contributed by atoms with Gasteiger partial charge in [0.05, 0.1) is 18.2 Å².